The Morgan fingerprint density at radius 3 is 2.32 bits per heavy atom. The van der Waals surface area contributed by atoms with Gasteiger partial charge >= 0.3 is 6.03 Å². The van der Waals surface area contributed by atoms with Crippen LogP contribution in [0.25, 0.3) is 0 Å². The van der Waals surface area contributed by atoms with Crippen LogP contribution in [0.1, 0.15) is 12.5 Å². The van der Waals surface area contributed by atoms with Crippen LogP contribution in [0.15, 0.2) is 66.9 Å². The van der Waals surface area contributed by atoms with Gasteiger partial charge in [-0.25, -0.2) is 4.79 Å². The number of nitrogens with zero attached hydrogens (tertiary/aromatic N) is 1. The molecule has 0 aromatic heterocycles. The van der Waals surface area contributed by atoms with E-state index in [9.17, 15) is 4.79 Å². The molecule has 4 heteroatoms. The molecule has 2 N–H and O–H groups in total. The summed E-state index contributed by atoms with van der Waals surface area (Å²) in [4.78, 5) is 13.7. The Hall–Kier alpha value is -2.75. The van der Waals surface area contributed by atoms with E-state index < -0.39 is 0 Å². The number of nitrogens with one attached hydrogen (secondary N) is 2. The average Bonchev–Trinajstić information content (AvgIpc) is 2.53. The summed E-state index contributed by atoms with van der Waals surface area (Å²) in [5.41, 5.74) is 3.79. The predicted octanol–water partition coefficient (Wildman–Crippen LogP) is 3.98. The second-order valence-corrected chi connectivity index (χ2v) is 5.16. The number of benzene rings is 2. The van der Waals surface area contributed by atoms with Crippen molar-refractivity contribution in [3.8, 4) is 0 Å². The highest BCUT2D eigenvalue weighted by Crippen LogP contribution is 2.13. The fraction of sp³-hybridized carbons (Fsp3) is 0.167. The van der Waals surface area contributed by atoms with Gasteiger partial charge in [-0.2, -0.15) is 0 Å². The standard InChI is InChI=1S/C18H21N3O/c1-14(2)20-16-11-9-15(10-12-16)13-19-18(22)21(3)17-7-5-4-6-8-17/h4-12,20H,1,13H2,2-3H3,(H,19,22). The van der Waals surface area contributed by atoms with Crippen molar-refractivity contribution in [3.05, 3.63) is 72.4 Å². The quantitative estimate of drug-likeness (QED) is 0.876. The zero-order valence-corrected chi connectivity index (χ0v) is 13.0. The van der Waals surface area contributed by atoms with Crippen molar-refractivity contribution in [2.75, 3.05) is 17.3 Å². The van der Waals surface area contributed by atoms with Crippen molar-refractivity contribution < 1.29 is 4.79 Å². The van der Waals surface area contributed by atoms with Gasteiger partial charge in [0.2, 0.25) is 0 Å². The number of urea groups is 1. The van der Waals surface area contributed by atoms with E-state index in [1.54, 1.807) is 11.9 Å². The zero-order valence-electron chi connectivity index (χ0n) is 13.0. The number of rotatable bonds is 5. The SMILES string of the molecule is C=C(C)Nc1ccc(CNC(=O)N(C)c2ccccc2)cc1. The molecule has 0 heterocycles. The first-order chi connectivity index (χ1) is 10.6. The zero-order chi connectivity index (χ0) is 15.9. The van der Waals surface area contributed by atoms with E-state index in [1.165, 1.54) is 0 Å². The van der Waals surface area contributed by atoms with Crippen molar-refractivity contribution in [2.24, 2.45) is 0 Å². The summed E-state index contributed by atoms with van der Waals surface area (Å²) >= 11 is 0. The maximum absolute atomic E-state index is 12.1. The lowest BCUT2D eigenvalue weighted by Gasteiger charge is -2.18. The number of allylic oxidation sites excluding steroid dienone is 1. The number of hydrogen-bond acceptors (Lipinski definition) is 2. The maximum Gasteiger partial charge on any atom is 0.321 e. The minimum Gasteiger partial charge on any atom is -0.360 e. The van der Waals surface area contributed by atoms with Crippen molar-refractivity contribution in [1.29, 1.82) is 0 Å². The van der Waals surface area contributed by atoms with E-state index in [0.29, 0.717) is 6.54 Å². The molecule has 0 atom stereocenters. The van der Waals surface area contributed by atoms with E-state index in [4.69, 9.17) is 0 Å². The van der Waals surface area contributed by atoms with Gasteiger partial charge < -0.3 is 10.6 Å². The maximum atomic E-state index is 12.1. The molecule has 0 aliphatic carbocycles. The van der Waals surface area contributed by atoms with Crippen molar-refractivity contribution in [3.63, 3.8) is 0 Å². The summed E-state index contributed by atoms with van der Waals surface area (Å²) in [5.74, 6) is 0. The molecule has 0 aliphatic heterocycles. The molecule has 2 amide bonds. The smallest absolute Gasteiger partial charge is 0.321 e. The van der Waals surface area contributed by atoms with Gasteiger partial charge in [-0.1, -0.05) is 36.9 Å². The molecule has 0 unspecified atom stereocenters. The highest BCUT2D eigenvalue weighted by molar-refractivity contribution is 5.91. The molecule has 0 saturated heterocycles. The van der Waals surface area contributed by atoms with Crippen LogP contribution in [0.2, 0.25) is 0 Å². The molecule has 22 heavy (non-hydrogen) atoms. The Balaban J connectivity index is 1.89. The van der Waals surface area contributed by atoms with E-state index in [-0.39, 0.29) is 6.03 Å². The Morgan fingerprint density at radius 1 is 1.09 bits per heavy atom. The minimum atomic E-state index is -0.129. The summed E-state index contributed by atoms with van der Waals surface area (Å²) in [5, 5.41) is 6.05. The summed E-state index contributed by atoms with van der Waals surface area (Å²) in [6.07, 6.45) is 0. The first-order valence-corrected chi connectivity index (χ1v) is 7.14. The molecule has 0 bridgehead atoms. The molecule has 0 radical (unpaired) electrons. The van der Waals surface area contributed by atoms with Crippen LogP contribution in [0.5, 0.6) is 0 Å². The second kappa shape index (κ2) is 7.31. The molecule has 4 nitrogen and oxygen atoms in total. The summed E-state index contributed by atoms with van der Waals surface area (Å²) in [6, 6.07) is 17.3. The average molecular weight is 295 g/mol. The van der Waals surface area contributed by atoms with Crippen LogP contribution in [-0.4, -0.2) is 13.1 Å². The fourth-order valence-corrected chi connectivity index (χ4v) is 2.02. The van der Waals surface area contributed by atoms with Crippen molar-refractivity contribution >= 4 is 17.4 Å². The molecular weight excluding hydrogens is 274 g/mol. The third-order valence-corrected chi connectivity index (χ3v) is 3.20. The number of para-hydroxylation sites is 1. The van der Waals surface area contributed by atoms with Crippen molar-refractivity contribution in [2.45, 2.75) is 13.5 Å². The lowest BCUT2D eigenvalue weighted by Crippen LogP contribution is -2.36. The molecular formula is C18H21N3O. The highest BCUT2D eigenvalue weighted by atomic mass is 16.2. The number of carbonyl (C=O) groups is 1. The molecule has 2 aromatic rings. The molecule has 2 rings (SSSR count). The van der Waals surface area contributed by atoms with Gasteiger partial charge in [0.15, 0.2) is 0 Å². The predicted molar refractivity (Wildman–Crippen MR) is 92.0 cm³/mol. The van der Waals surface area contributed by atoms with E-state index in [1.807, 2.05) is 61.5 Å². The van der Waals surface area contributed by atoms with Gasteiger partial charge in [-0.05, 0) is 36.8 Å². The van der Waals surface area contributed by atoms with Gasteiger partial charge in [0.1, 0.15) is 0 Å². The Bertz CT molecular complexity index is 635. The van der Waals surface area contributed by atoms with E-state index in [2.05, 4.69) is 17.2 Å². The first-order valence-electron chi connectivity index (χ1n) is 7.14. The van der Waals surface area contributed by atoms with Gasteiger partial charge in [0, 0.05) is 30.7 Å². The normalized spacial score (nSPS) is 9.91. The lowest BCUT2D eigenvalue weighted by atomic mass is 10.2. The molecule has 114 valence electrons. The first kappa shape index (κ1) is 15.6. The number of amides is 2. The third kappa shape index (κ3) is 4.38. The molecule has 0 spiro atoms. The van der Waals surface area contributed by atoms with Crippen LogP contribution in [-0.2, 0) is 6.54 Å². The fourth-order valence-electron chi connectivity index (χ4n) is 2.02. The van der Waals surface area contributed by atoms with Crippen molar-refractivity contribution in [1.82, 2.24) is 5.32 Å². The molecule has 0 fully saturated rings. The van der Waals surface area contributed by atoms with Crippen LogP contribution in [0.4, 0.5) is 16.2 Å². The molecule has 0 aliphatic rings. The number of carbonyl (C=O) groups excluding carboxylic acids is 1. The number of hydrogen-bond donors (Lipinski definition) is 2. The largest absolute Gasteiger partial charge is 0.360 e. The van der Waals surface area contributed by atoms with Gasteiger partial charge in [0.25, 0.3) is 0 Å². The third-order valence-electron chi connectivity index (χ3n) is 3.20. The molecule has 2 aromatic carbocycles. The molecule has 0 saturated carbocycles. The Labute approximate surface area is 131 Å². The Kier molecular flexibility index (Phi) is 5.20. The lowest BCUT2D eigenvalue weighted by molar-refractivity contribution is 0.247. The monoisotopic (exact) mass is 295 g/mol. The summed E-state index contributed by atoms with van der Waals surface area (Å²) in [6.45, 7) is 6.21. The summed E-state index contributed by atoms with van der Waals surface area (Å²) < 4.78 is 0. The van der Waals surface area contributed by atoms with Crippen LogP contribution in [0, 0.1) is 0 Å². The van der Waals surface area contributed by atoms with E-state index in [0.717, 1.165) is 22.6 Å². The van der Waals surface area contributed by atoms with Gasteiger partial charge in [0.05, 0.1) is 0 Å². The minimum absolute atomic E-state index is 0.129. The van der Waals surface area contributed by atoms with Crippen LogP contribution < -0.4 is 15.5 Å². The Morgan fingerprint density at radius 2 is 1.73 bits per heavy atom. The van der Waals surface area contributed by atoms with E-state index >= 15 is 0 Å². The van der Waals surface area contributed by atoms with Gasteiger partial charge in [-0.3, -0.25) is 4.90 Å². The topological polar surface area (TPSA) is 44.4 Å². The van der Waals surface area contributed by atoms with Gasteiger partial charge in [-0.15, -0.1) is 0 Å². The van der Waals surface area contributed by atoms with Crippen LogP contribution in [0.3, 0.4) is 0 Å². The highest BCUT2D eigenvalue weighted by Gasteiger charge is 2.09. The second-order valence-electron chi connectivity index (χ2n) is 5.16. The summed E-state index contributed by atoms with van der Waals surface area (Å²) in [7, 11) is 1.75. The van der Waals surface area contributed by atoms with Crippen LogP contribution >= 0.6 is 0 Å². The number of anilines is 2.